The van der Waals surface area contributed by atoms with Gasteiger partial charge >= 0.3 is 0 Å². The molecular formula is C22H29N3O4. The molecule has 1 aromatic carbocycles. The summed E-state index contributed by atoms with van der Waals surface area (Å²) in [4.78, 5) is 18.8. The second-order valence-electron chi connectivity index (χ2n) is 7.19. The average Bonchev–Trinajstić information content (AvgIpc) is 3.15. The number of hydrogen-bond donors (Lipinski definition) is 0. The number of hydrogen-bond acceptors (Lipinski definition) is 5. The van der Waals surface area contributed by atoms with Crippen LogP contribution in [-0.4, -0.2) is 54.8 Å². The minimum absolute atomic E-state index is 0.0241. The lowest BCUT2D eigenvalue weighted by molar-refractivity contribution is -0.127. The predicted octanol–water partition coefficient (Wildman–Crippen LogP) is 3.17. The van der Waals surface area contributed by atoms with E-state index in [1.807, 2.05) is 36.4 Å². The van der Waals surface area contributed by atoms with Crippen molar-refractivity contribution in [3.8, 4) is 17.2 Å². The van der Waals surface area contributed by atoms with Gasteiger partial charge in [0.25, 0.3) is 0 Å². The van der Waals surface area contributed by atoms with Crippen LogP contribution in [-0.2, 0) is 11.3 Å². The van der Waals surface area contributed by atoms with Crippen LogP contribution in [0.5, 0.6) is 17.2 Å². The Kier molecular flexibility index (Phi) is 6.80. The number of nitrogens with zero attached hydrogens (tertiary/aromatic N) is 3. The van der Waals surface area contributed by atoms with Crippen molar-refractivity contribution in [2.75, 3.05) is 34.4 Å². The molecule has 7 heteroatoms. The van der Waals surface area contributed by atoms with E-state index >= 15 is 0 Å². The Labute approximate surface area is 171 Å². The van der Waals surface area contributed by atoms with E-state index in [0.29, 0.717) is 23.2 Å². The van der Waals surface area contributed by atoms with E-state index in [1.165, 1.54) is 0 Å². The number of amides is 1. The van der Waals surface area contributed by atoms with Gasteiger partial charge in [-0.15, -0.1) is 0 Å². The largest absolute Gasteiger partial charge is 0.493 e. The topological polar surface area (TPSA) is 65.8 Å². The number of ether oxygens (including phenoxy) is 3. The summed E-state index contributed by atoms with van der Waals surface area (Å²) < 4.78 is 18.3. The highest BCUT2D eigenvalue weighted by Crippen LogP contribution is 2.38. The van der Waals surface area contributed by atoms with Crippen LogP contribution in [0, 0.1) is 12.8 Å². The quantitative estimate of drug-likeness (QED) is 0.669. The first-order valence-electron chi connectivity index (χ1n) is 9.80. The van der Waals surface area contributed by atoms with Gasteiger partial charge in [0.2, 0.25) is 11.7 Å². The van der Waals surface area contributed by atoms with Gasteiger partial charge in [-0.25, -0.2) is 4.98 Å². The minimum Gasteiger partial charge on any atom is -0.493 e. The molecule has 1 aliphatic heterocycles. The van der Waals surface area contributed by atoms with Gasteiger partial charge in [-0.05, 0) is 49.5 Å². The lowest BCUT2D eigenvalue weighted by Gasteiger charge is -2.31. The highest BCUT2D eigenvalue weighted by molar-refractivity contribution is 5.92. The summed E-state index contributed by atoms with van der Waals surface area (Å²) in [5, 5.41) is 0. The van der Waals surface area contributed by atoms with Gasteiger partial charge in [-0.2, -0.15) is 0 Å². The summed E-state index contributed by atoms with van der Waals surface area (Å²) in [5.74, 6) is 3.30. The molecule has 1 aliphatic rings. The Bertz CT molecular complexity index is 842. The second-order valence-corrected chi connectivity index (χ2v) is 7.19. The molecule has 1 saturated heterocycles. The number of likely N-dealkylation sites (tertiary alicyclic amines) is 1. The Morgan fingerprint density at radius 1 is 1.14 bits per heavy atom. The van der Waals surface area contributed by atoms with Gasteiger partial charge in [0, 0.05) is 38.1 Å². The Morgan fingerprint density at radius 2 is 1.79 bits per heavy atom. The van der Waals surface area contributed by atoms with E-state index in [-0.39, 0.29) is 5.91 Å². The van der Waals surface area contributed by atoms with E-state index < -0.39 is 0 Å². The van der Waals surface area contributed by atoms with Crippen molar-refractivity contribution in [2.24, 2.45) is 5.92 Å². The van der Waals surface area contributed by atoms with E-state index in [2.05, 4.69) is 9.55 Å². The summed E-state index contributed by atoms with van der Waals surface area (Å²) in [6.07, 6.45) is 9.26. The maximum absolute atomic E-state index is 12.6. The van der Waals surface area contributed by atoms with E-state index in [0.717, 1.165) is 43.9 Å². The molecular weight excluding hydrogens is 370 g/mol. The van der Waals surface area contributed by atoms with Crippen LogP contribution in [0.3, 0.4) is 0 Å². The van der Waals surface area contributed by atoms with Gasteiger partial charge in [0.1, 0.15) is 5.82 Å². The molecule has 0 atom stereocenters. The zero-order valence-electron chi connectivity index (χ0n) is 17.6. The molecule has 0 radical (unpaired) electrons. The van der Waals surface area contributed by atoms with Crippen LogP contribution in [0.2, 0.25) is 0 Å². The van der Waals surface area contributed by atoms with E-state index in [4.69, 9.17) is 14.2 Å². The molecule has 0 aliphatic carbocycles. The van der Waals surface area contributed by atoms with Crippen molar-refractivity contribution in [1.82, 2.24) is 14.5 Å². The zero-order valence-corrected chi connectivity index (χ0v) is 17.6. The normalized spacial score (nSPS) is 15.0. The van der Waals surface area contributed by atoms with Gasteiger partial charge in [0.05, 0.1) is 21.3 Å². The van der Waals surface area contributed by atoms with Crippen molar-refractivity contribution in [3.05, 3.63) is 42.0 Å². The van der Waals surface area contributed by atoms with E-state index in [9.17, 15) is 4.79 Å². The molecule has 3 rings (SSSR count). The van der Waals surface area contributed by atoms with Crippen molar-refractivity contribution < 1.29 is 19.0 Å². The molecule has 2 aromatic rings. The third-order valence-electron chi connectivity index (χ3n) is 5.41. The predicted molar refractivity (Wildman–Crippen MR) is 111 cm³/mol. The molecule has 156 valence electrons. The smallest absolute Gasteiger partial charge is 0.246 e. The standard InChI is InChI=1S/C22H29N3O4/c1-16-23-9-12-25(16)15-17-7-10-24(11-8-17)21(26)6-5-18-13-19(27-2)22(29-4)20(14-18)28-3/h5-6,9,12-14,17H,7-8,10-11,15H2,1-4H3/b6-5+. The van der Waals surface area contributed by atoms with Crippen LogP contribution >= 0.6 is 0 Å². The van der Waals surface area contributed by atoms with Crippen LogP contribution in [0.1, 0.15) is 24.2 Å². The lowest BCUT2D eigenvalue weighted by Crippen LogP contribution is -2.38. The first-order chi connectivity index (χ1) is 14.0. The van der Waals surface area contributed by atoms with Crippen LogP contribution in [0.25, 0.3) is 6.08 Å². The molecule has 0 unspecified atom stereocenters. The highest BCUT2D eigenvalue weighted by Gasteiger charge is 2.22. The maximum Gasteiger partial charge on any atom is 0.246 e. The number of aryl methyl sites for hydroxylation is 1. The van der Waals surface area contributed by atoms with Crippen molar-refractivity contribution >= 4 is 12.0 Å². The summed E-state index contributed by atoms with van der Waals surface area (Å²) >= 11 is 0. The third-order valence-corrected chi connectivity index (χ3v) is 5.41. The van der Waals surface area contributed by atoms with Crippen molar-refractivity contribution in [3.63, 3.8) is 0 Å². The molecule has 0 N–H and O–H groups in total. The fourth-order valence-electron chi connectivity index (χ4n) is 3.68. The van der Waals surface area contributed by atoms with Crippen LogP contribution in [0.4, 0.5) is 0 Å². The fourth-order valence-corrected chi connectivity index (χ4v) is 3.68. The lowest BCUT2D eigenvalue weighted by atomic mass is 9.96. The molecule has 0 saturated carbocycles. The van der Waals surface area contributed by atoms with Crippen LogP contribution in [0.15, 0.2) is 30.6 Å². The number of methoxy groups -OCH3 is 3. The van der Waals surface area contributed by atoms with E-state index in [1.54, 1.807) is 33.5 Å². The summed E-state index contributed by atoms with van der Waals surface area (Å²) in [5.41, 5.74) is 0.818. The van der Waals surface area contributed by atoms with Crippen LogP contribution < -0.4 is 14.2 Å². The van der Waals surface area contributed by atoms with Gasteiger partial charge in [0.15, 0.2) is 11.5 Å². The molecule has 7 nitrogen and oxygen atoms in total. The number of carbonyl (C=O) groups is 1. The fraction of sp³-hybridized carbons (Fsp3) is 0.455. The number of imidazole rings is 1. The average molecular weight is 399 g/mol. The monoisotopic (exact) mass is 399 g/mol. The third kappa shape index (κ3) is 4.91. The molecule has 1 amide bonds. The Hall–Kier alpha value is -2.96. The number of carbonyl (C=O) groups excluding carboxylic acids is 1. The number of piperidine rings is 1. The summed E-state index contributed by atoms with van der Waals surface area (Å²) in [6, 6.07) is 3.65. The number of benzene rings is 1. The number of aromatic nitrogens is 2. The summed E-state index contributed by atoms with van der Waals surface area (Å²) in [7, 11) is 4.72. The first kappa shape index (κ1) is 20.8. The maximum atomic E-state index is 12.6. The Balaban J connectivity index is 1.59. The minimum atomic E-state index is 0.0241. The molecule has 2 heterocycles. The van der Waals surface area contributed by atoms with Gasteiger partial charge in [-0.1, -0.05) is 0 Å². The molecule has 1 aromatic heterocycles. The Morgan fingerprint density at radius 3 is 2.31 bits per heavy atom. The molecule has 0 bridgehead atoms. The summed E-state index contributed by atoms with van der Waals surface area (Å²) in [6.45, 7) is 4.54. The molecule has 29 heavy (non-hydrogen) atoms. The first-order valence-corrected chi connectivity index (χ1v) is 9.80. The molecule has 0 spiro atoms. The highest BCUT2D eigenvalue weighted by atomic mass is 16.5. The number of rotatable bonds is 7. The SMILES string of the molecule is COc1cc(/C=C/C(=O)N2CCC(Cn3ccnc3C)CC2)cc(OC)c1OC. The van der Waals surface area contributed by atoms with Crippen molar-refractivity contribution in [1.29, 1.82) is 0 Å². The molecule has 1 fully saturated rings. The van der Waals surface area contributed by atoms with Crippen molar-refractivity contribution in [2.45, 2.75) is 26.3 Å². The second kappa shape index (κ2) is 9.49. The van der Waals surface area contributed by atoms with Gasteiger partial charge in [-0.3, -0.25) is 4.79 Å². The zero-order chi connectivity index (χ0) is 20.8. The van der Waals surface area contributed by atoms with Gasteiger partial charge < -0.3 is 23.7 Å².